The van der Waals surface area contributed by atoms with E-state index >= 15 is 0 Å². The molecule has 0 aliphatic heterocycles. The molecule has 0 aromatic carbocycles. The van der Waals surface area contributed by atoms with Gasteiger partial charge < -0.3 is 20.1 Å². The minimum absolute atomic E-state index is 0.0652. The van der Waals surface area contributed by atoms with Crippen molar-refractivity contribution in [3.8, 4) is 0 Å². The van der Waals surface area contributed by atoms with Crippen LogP contribution in [0, 0.1) is 0 Å². The van der Waals surface area contributed by atoms with Gasteiger partial charge in [-0.1, -0.05) is 0 Å². The van der Waals surface area contributed by atoms with E-state index < -0.39 is 6.10 Å². The number of imidazole rings is 1. The lowest BCUT2D eigenvalue weighted by Gasteiger charge is -2.13. The largest absolute Gasteiger partial charge is 0.389 e. The molecule has 90 valence electrons. The highest BCUT2D eigenvalue weighted by atomic mass is 16.5. The standard InChI is InChI=1S/C10H17N3O3/c1-7(2)16-6-8(14)5-13-10(15)9-11-3-4-12-9/h3-4,7-8,14H,5-6H2,1-2H3,(H,11,12)(H,13,15). The molecule has 0 spiro atoms. The van der Waals surface area contributed by atoms with Crippen LogP contribution in [0.3, 0.4) is 0 Å². The van der Waals surface area contributed by atoms with Crippen molar-refractivity contribution in [2.24, 2.45) is 0 Å². The molecule has 0 bridgehead atoms. The van der Waals surface area contributed by atoms with E-state index in [0.29, 0.717) is 0 Å². The molecule has 0 saturated heterocycles. The Labute approximate surface area is 94.0 Å². The van der Waals surface area contributed by atoms with Gasteiger partial charge in [-0.3, -0.25) is 4.79 Å². The molecule has 1 atom stereocenters. The highest BCUT2D eigenvalue weighted by Crippen LogP contribution is 1.92. The zero-order valence-electron chi connectivity index (χ0n) is 9.43. The monoisotopic (exact) mass is 227 g/mol. The number of ether oxygens (including phenoxy) is 1. The van der Waals surface area contributed by atoms with Crippen LogP contribution in [-0.4, -0.2) is 46.3 Å². The maximum atomic E-state index is 11.4. The van der Waals surface area contributed by atoms with Gasteiger partial charge in [0.15, 0.2) is 5.82 Å². The van der Waals surface area contributed by atoms with E-state index in [0.717, 1.165) is 0 Å². The summed E-state index contributed by atoms with van der Waals surface area (Å²) in [4.78, 5) is 17.9. The van der Waals surface area contributed by atoms with Crippen LogP contribution in [0.2, 0.25) is 0 Å². The summed E-state index contributed by atoms with van der Waals surface area (Å²) in [5.41, 5.74) is 0. The quantitative estimate of drug-likeness (QED) is 0.634. The number of carbonyl (C=O) groups is 1. The molecule has 0 saturated carbocycles. The first-order chi connectivity index (χ1) is 7.59. The van der Waals surface area contributed by atoms with Gasteiger partial charge >= 0.3 is 0 Å². The lowest BCUT2D eigenvalue weighted by atomic mass is 10.3. The van der Waals surface area contributed by atoms with Crippen molar-refractivity contribution in [1.82, 2.24) is 15.3 Å². The second-order valence-corrected chi connectivity index (χ2v) is 3.68. The third-order valence-electron chi connectivity index (χ3n) is 1.83. The van der Waals surface area contributed by atoms with Crippen molar-refractivity contribution in [3.05, 3.63) is 18.2 Å². The summed E-state index contributed by atoms with van der Waals surface area (Å²) in [5, 5.41) is 12.0. The third kappa shape index (κ3) is 4.41. The zero-order valence-corrected chi connectivity index (χ0v) is 9.43. The molecule has 6 heteroatoms. The number of hydrogen-bond donors (Lipinski definition) is 3. The first-order valence-corrected chi connectivity index (χ1v) is 5.17. The van der Waals surface area contributed by atoms with Crippen LogP contribution in [0.15, 0.2) is 12.4 Å². The van der Waals surface area contributed by atoms with Gasteiger partial charge in [-0.2, -0.15) is 0 Å². The third-order valence-corrected chi connectivity index (χ3v) is 1.83. The lowest BCUT2D eigenvalue weighted by molar-refractivity contribution is 0.00660. The second-order valence-electron chi connectivity index (χ2n) is 3.68. The molecular weight excluding hydrogens is 210 g/mol. The first-order valence-electron chi connectivity index (χ1n) is 5.17. The van der Waals surface area contributed by atoms with E-state index in [4.69, 9.17) is 4.74 Å². The summed E-state index contributed by atoms with van der Waals surface area (Å²) in [5.74, 6) is -0.106. The van der Waals surface area contributed by atoms with Gasteiger partial charge in [-0.15, -0.1) is 0 Å². The summed E-state index contributed by atoms with van der Waals surface area (Å²) in [6, 6.07) is 0. The molecule has 1 unspecified atom stereocenters. The number of amides is 1. The smallest absolute Gasteiger partial charge is 0.287 e. The molecule has 0 fully saturated rings. The summed E-state index contributed by atoms with van der Waals surface area (Å²) in [6.45, 7) is 4.12. The summed E-state index contributed by atoms with van der Waals surface area (Å²) >= 11 is 0. The Balaban J connectivity index is 2.21. The predicted molar refractivity (Wildman–Crippen MR) is 58.0 cm³/mol. The molecule has 0 radical (unpaired) electrons. The van der Waals surface area contributed by atoms with Gasteiger partial charge in [0, 0.05) is 18.9 Å². The molecule has 3 N–H and O–H groups in total. The van der Waals surface area contributed by atoms with Gasteiger partial charge in [0.05, 0.1) is 18.8 Å². The lowest BCUT2D eigenvalue weighted by Crippen LogP contribution is -2.35. The fourth-order valence-electron chi connectivity index (χ4n) is 1.05. The van der Waals surface area contributed by atoms with Crippen molar-refractivity contribution in [1.29, 1.82) is 0 Å². The number of hydrogen-bond acceptors (Lipinski definition) is 4. The van der Waals surface area contributed by atoms with Gasteiger partial charge in [-0.25, -0.2) is 4.98 Å². The van der Waals surface area contributed by atoms with Gasteiger partial charge in [0.1, 0.15) is 0 Å². The molecule has 0 aliphatic carbocycles. The van der Waals surface area contributed by atoms with Crippen LogP contribution in [0.4, 0.5) is 0 Å². The molecule has 1 aromatic heterocycles. The van der Waals surface area contributed by atoms with Crippen LogP contribution in [0.5, 0.6) is 0 Å². The Kier molecular flexibility index (Phi) is 4.94. The van der Waals surface area contributed by atoms with Crippen molar-refractivity contribution in [2.75, 3.05) is 13.2 Å². The predicted octanol–water partition coefficient (Wildman–Crippen LogP) is -0.0746. The average molecular weight is 227 g/mol. The van der Waals surface area contributed by atoms with Crippen LogP contribution in [-0.2, 0) is 4.74 Å². The Hall–Kier alpha value is -1.40. The number of aliphatic hydroxyl groups is 1. The topological polar surface area (TPSA) is 87.2 Å². The molecule has 1 rings (SSSR count). The number of aromatic nitrogens is 2. The van der Waals surface area contributed by atoms with E-state index in [1.165, 1.54) is 6.20 Å². The number of nitrogens with one attached hydrogen (secondary N) is 2. The van der Waals surface area contributed by atoms with E-state index in [1.54, 1.807) is 6.20 Å². The number of H-pyrrole nitrogens is 1. The second kappa shape index (κ2) is 6.24. The van der Waals surface area contributed by atoms with Crippen molar-refractivity contribution in [2.45, 2.75) is 26.1 Å². The zero-order chi connectivity index (χ0) is 12.0. The first kappa shape index (κ1) is 12.7. The fourth-order valence-corrected chi connectivity index (χ4v) is 1.05. The summed E-state index contributed by atoms with van der Waals surface area (Å²) < 4.78 is 5.20. The van der Waals surface area contributed by atoms with Gasteiger partial charge in [0.25, 0.3) is 5.91 Å². The van der Waals surface area contributed by atoms with Gasteiger partial charge in [0.2, 0.25) is 0 Å². The van der Waals surface area contributed by atoms with Crippen LogP contribution >= 0.6 is 0 Å². The van der Waals surface area contributed by atoms with Crippen molar-refractivity contribution >= 4 is 5.91 Å². The maximum Gasteiger partial charge on any atom is 0.287 e. The molecule has 1 aromatic rings. The van der Waals surface area contributed by atoms with Crippen LogP contribution in [0.1, 0.15) is 24.5 Å². The number of aromatic amines is 1. The Morgan fingerprint density at radius 1 is 1.69 bits per heavy atom. The summed E-state index contributed by atoms with van der Waals surface area (Å²) in [7, 11) is 0. The van der Waals surface area contributed by atoms with Gasteiger partial charge in [-0.05, 0) is 13.8 Å². The molecule has 1 heterocycles. The minimum Gasteiger partial charge on any atom is -0.389 e. The fraction of sp³-hybridized carbons (Fsp3) is 0.600. The minimum atomic E-state index is -0.707. The number of nitrogens with zero attached hydrogens (tertiary/aromatic N) is 1. The number of carbonyl (C=O) groups excluding carboxylic acids is 1. The molecule has 6 nitrogen and oxygen atoms in total. The summed E-state index contributed by atoms with van der Waals surface area (Å²) in [6.07, 6.45) is 2.41. The Morgan fingerprint density at radius 3 is 3.00 bits per heavy atom. The van der Waals surface area contributed by atoms with Crippen molar-refractivity contribution in [3.63, 3.8) is 0 Å². The van der Waals surface area contributed by atoms with Crippen molar-refractivity contribution < 1.29 is 14.6 Å². The maximum absolute atomic E-state index is 11.4. The molecule has 16 heavy (non-hydrogen) atoms. The number of rotatable bonds is 6. The highest BCUT2D eigenvalue weighted by Gasteiger charge is 2.10. The van der Waals surface area contributed by atoms with Crippen LogP contribution < -0.4 is 5.32 Å². The Bertz CT molecular complexity index is 311. The van der Waals surface area contributed by atoms with E-state index in [2.05, 4.69) is 15.3 Å². The normalized spacial score (nSPS) is 12.8. The molecule has 1 amide bonds. The molecule has 0 aliphatic rings. The van der Waals surface area contributed by atoms with E-state index in [1.807, 2.05) is 13.8 Å². The highest BCUT2D eigenvalue weighted by molar-refractivity contribution is 5.90. The van der Waals surface area contributed by atoms with Crippen LogP contribution in [0.25, 0.3) is 0 Å². The SMILES string of the molecule is CC(C)OCC(O)CNC(=O)c1ncc[nH]1. The number of aliphatic hydroxyl groups excluding tert-OH is 1. The molecular formula is C10H17N3O3. The van der Waals surface area contributed by atoms with E-state index in [-0.39, 0.29) is 31.0 Å². The van der Waals surface area contributed by atoms with E-state index in [9.17, 15) is 9.90 Å². The average Bonchev–Trinajstić information content (AvgIpc) is 2.76. The Morgan fingerprint density at radius 2 is 2.44 bits per heavy atom.